The summed E-state index contributed by atoms with van der Waals surface area (Å²) in [6.07, 6.45) is 10.8. The normalized spacial score (nSPS) is 31.1. The first-order chi connectivity index (χ1) is 8.31. The molecule has 2 aliphatic rings. The van der Waals surface area contributed by atoms with Crippen molar-refractivity contribution in [2.24, 2.45) is 17.6 Å². The number of nitrogens with one attached hydrogen (secondary N) is 1. The summed E-state index contributed by atoms with van der Waals surface area (Å²) in [5.74, 6) is 1.09. The van der Waals surface area contributed by atoms with Crippen LogP contribution in [0, 0.1) is 11.8 Å². The number of hydrogen-bond acceptors (Lipinski definition) is 2. The molecule has 2 fully saturated rings. The molecule has 0 aliphatic heterocycles. The van der Waals surface area contributed by atoms with Crippen LogP contribution in [0.4, 0.5) is 0 Å². The van der Waals surface area contributed by atoms with Crippen LogP contribution in [-0.2, 0) is 4.79 Å². The molecule has 0 heterocycles. The van der Waals surface area contributed by atoms with E-state index in [1.165, 1.54) is 38.5 Å². The van der Waals surface area contributed by atoms with E-state index in [0.29, 0.717) is 17.9 Å². The molecule has 0 aromatic heterocycles. The zero-order valence-corrected chi connectivity index (χ0v) is 10.8. The van der Waals surface area contributed by atoms with Gasteiger partial charge in [-0.3, -0.25) is 4.79 Å². The maximum atomic E-state index is 12.2. The second-order valence-electron chi connectivity index (χ2n) is 5.73. The van der Waals surface area contributed by atoms with E-state index in [4.69, 9.17) is 5.73 Å². The van der Waals surface area contributed by atoms with Crippen molar-refractivity contribution < 1.29 is 4.79 Å². The van der Waals surface area contributed by atoms with Crippen molar-refractivity contribution in [1.82, 2.24) is 5.32 Å². The Balaban J connectivity index is 1.83. The second kappa shape index (κ2) is 6.39. The third-order valence-electron chi connectivity index (χ3n) is 4.52. The molecule has 2 saturated carbocycles. The van der Waals surface area contributed by atoms with Gasteiger partial charge in [0.1, 0.15) is 0 Å². The molecule has 0 bridgehead atoms. The molecule has 17 heavy (non-hydrogen) atoms. The van der Waals surface area contributed by atoms with Gasteiger partial charge in [-0.25, -0.2) is 0 Å². The van der Waals surface area contributed by atoms with E-state index in [1.54, 1.807) is 0 Å². The first-order valence-electron chi connectivity index (χ1n) is 7.31. The van der Waals surface area contributed by atoms with Gasteiger partial charge < -0.3 is 11.1 Å². The van der Waals surface area contributed by atoms with Crippen LogP contribution in [0.2, 0.25) is 0 Å². The second-order valence-corrected chi connectivity index (χ2v) is 5.73. The quantitative estimate of drug-likeness (QED) is 0.792. The van der Waals surface area contributed by atoms with E-state index in [0.717, 1.165) is 25.8 Å². The van der Waals surface area contributed by atoms with E-state index in [-0.39, 0.29) is 5.92 Å². The number of rotatable bonds is 3. The van der Waals surface area contributed by atoms with Crippen LogP contribution >= 0.6 is 0 Å². The molecule has 1 amide bonds. The summed E-state index contributed by atoms with van der Waals surface area (Å²) in [4.78, 5) is 12.2. The molecule has 98 valence electrons. The monoisotopic (exact) mass is 238 g/mol. The van der Waals surface area contributed by atoms with Crippen LogP contribution in [-0.4, -0.2) is 18.5 Å². The molecule has 0 aromatic rings. The Hall–Kier alpha value is -0.570. The van der Waals surface area contributed by atoms with Crippen LogP contribution in [0.15, 0.2) is 0 Å². The van der Waals surface area contributed by atoms with E-state index >= 15 is 0 Å². The first kappa shape index (κ1) is 12.9. The minimum atomic E-state index is 0.282. The van der Waals surface area contributed by atoms with Gasteiger partial charge in [0, 0.05) is 12.0 Å². The predicted octanol–water partition coefficient (Wildman–Crippen LogP) is 2.20. The summed E-state index contributed by atoms with van der Waals surface area (Å²) in [5.41, 5.74) is 5.80. The number of nitrogens with two attached hydrogens (primary N) is 1. The zero-order valence-electron chi connectivity index (χ0n) is 10.8. The molecule has 2 rings (SSSR count). The zero-order chi connectivity index (χ0) is 12.1. The molecule has 3 nitrogen and oxygen atoms in total. The highest BCUT2D eigenvalue weighted by Gasteiger charge is 2.28. The van der Waals surface area contributed by atoms with Gasteiger partial charge in [-0.1, -0.05) is 32.1 Å². The van der Waals surface area contributed by atoms with E-state index in [9.17, 15) is 4.79 Å². The Kier molecular flexibility index (Phi) is 4.84. The molecular weight excluding hydrogens is 212 g/mol. The van der Waals surface area contributed by atoms with E-state index in [2.05, 4.69) is 5.32 Å². The molecule has 0 saturated heterocycles. The number of hydrogen-bond donors (Lipinski definition) is 2. The van der Waals surface area contributed by atoms with Crippen molar-refractivity contribution in [2.75, 3.05) is 6.54 Å². The molecule has 0 radical (unpaired) electrons. The Bertz CT molecular complexity index is 249. The lowest BCUT2D eigenvalue weighted by atomic mass is 9.83. The largest absolute Gasteiger partial charge is 0.353 e. The highest BCUT2D eigenvalue weighted by molar-refractivity contribution is 5.79. The number of carbonyl (C=O) groups excluding carboxylic acids is 1. The van der Waals surface area contributed by atoms with Gasteiger partial charge in [0.2, 0.25) is 5.91 Å². The van der Waals surface area contributed by atoms with Crippen LogP contribution in [0.5, 0.6) is 0 Å². The average Bonchev–Trinajstić information content (AvgIpc) is 2.40. The number of amides is 1. The summed E-state index contributed by atoms with van der Waals surface area (Å²) in [6, 6.07) is 0.350. The van der Waals surface area contributed by atoms with Gasteiger partial charge in [-0.05, 0) is 38.1 Å². The smallest absolute Gasteiger partial charge is 0.223 e. The Labute approximate surface area is 105 Å². The molecular formula is C14H26N2O. The van der Waals surface area contributed by atoms with Crippen LogP contribution in [0.3, 0.4) is 0 Å². The van der Waals surface area contributed by atoms with Crippen molar-refractivity contribution >= 4 is 5.91 Å². The average molecular weight is 238 g/mol. The summed E-state index contributed by atoms with van der Waals surface area (Å²) >= 11 is 0. The lowest BCUT2D eigenvalue weighted by Gasteiger charge is -2.33. The fraction of sp³-hybridized carbons (Fsp3) is 0.929. The van der Waals surface area contributed by atoms with Crippen molar-refractivity contribution in [1.29, 1.82) is 0 Å². The molecule has 2 unspecified atom stereocenters. The lowest BCUT2D eigenvalue weighted by Crippen LogP contribution is -2.47. The Morgan fingerprint density at radius 3 is 2.35 bits per heavy atom. The molecule has 2 atom stereocenters. The lowest BCUT2D eigenvalue weighted by molar-refractivity contribution is -0.127. The molecule has 0 spiro atoms. The SMILES string of the molecule is NCC1CCCCC1NC(=O)C1CCCCC1. The maximum Gasteiger partial charge on any atom is 0.223 e. The molecule has 0 aromatic carbocycles. The fourth-order valence-corrected chi connectivity index (χ4v) is 3.35. The first-order valence-corrected chi connectivity index (χ1v) is 7.31. The van der Waals surface area contributed by atoms with Gasteiger partial charge in [-0.2, -0.15) is 0 Å². The van der Waals surface area contributed by atoms with Gasteiger partial charge in [-0.15, -0.1) is 0 Å². The van der Waals surface area contributed by atoms with Gasteiger partial charge in [0.15, 0.2) is 0 Å². The van der Waals surface area contributed by atoms with Crippen LogP contribution in [0.25, 0.3) is 0 Å². The van der Waals surface area contributed by atoms with Crippen molar-refractivity contribution in [3.8, 4) is 0 Å². The van der Waals surface area contributed by atoms with Crippen LogP contribution < -0.4 is 11.1 Å². The van der Waals surface area contributed by atoms with Crippen molar-refractivity contribution in [3.63, 3.8) is 0 Å². The Morgan fingerprint density at radius 1 is 1.00 bits per heavy atom. The summed E-state index contributed by atoms with van der Waals surface area (Å²) in [5, 5.41) is 3.27. The topological polar surface area (TPSA) is 55.1 Å². The minimum absolute atomic E-state index is 0.282. The minimum Gasteiger partial charge on any atom is -0.353 e. The number of carbonyl (C=O) groups is 1. The summed E-state index contributed by atoms with van der Waals surface area (Å²) in [6.45, 7) is 0.718. The van der Waals surface area contributed by atoms with Gasteiger partial charge in [0.25, 0.3) is 0 Å². The highest BCUT2D eigenvalue weighted by atomic mass is 16.1. The molecule has 2 aliphatic carbocycles. The van der Waals surface area contributed by atoms with Gasteiger partial charge in [0.05, 0.1) is 0 Å². The maximum absolute atomic E-state index is 12.2. The Morgan fingerprint density at radius 2 is 1.65 bits per heavy atom. The van der Waals surface area contributed by atoms with Gasteiger partial charge >= 0.3 is 0 Å². The molecule has 3 N–H and O–H groups in total. The summed E-state index contributed by atoms with van der Waals surface area (Å²) < 4.78 is 0. The third kappa shape index (κ3) is 3.44. The van der Waals surface area contributed by atoms with E-state index in [1.807, 2.05) is 0 Å². The highest BCUT2D eigenvalue weighted by Crippen LogP contribution is 2.27. The van der Waals surface area contributed by atoms with E-state index < -0.39 is 0 Å². The molecule has 3 heteroatoms. The van der Waals surface area contributed by atoms with Crippen molar-refractivity contribution in [2.45, 2.75) is 63.8 Å². The van der Waals surface area contributed by atoms with Crippen molar-refractivity contribution in [3.05, 3.63) is 0 Å². The third-order valence-corrected chi connectivity index (χ3v) is 4.52. The summed E-state index contributed by atoms with van der Waals surface area (Å²) in [7, 11) is 0. The van der Waals surface area contributed by atoms with Crippen LogP contribution in [0.1, 0.15) is 57.8 Å². The standard InChI is InChI=1S/C14H26N2O/c15-10-12-8-4-5-9-13(12)16-14(17)11-6-2-1-3-7-11/h11-13H,1-10,15H2,(H,16,17). The predicted molar refractivity (Wildman–Crippen MR) is 69.5 cm³/mol. The fourth-order valence-electron chi connectivity index (χ4n) is 3.35.